The number of benzene rings is 1. The summed E-state index contributed by atoms with van der Waals surface area (Å²) in [4.78, 5) is 2.28. The van der Waals surface area contributed by atoms with Gasteiger partial charge in [0.05, 0.1) is 0 Å². The molecular weight excluding hydrogens is 251 g/mol. The SMILES string of the molecule is CC(C)CC(C)N(C)c1ccc(F)cc1CNC1CC1. The van der Waals surface area contributed by atoms with E-state index in [1.54, 1.807) is 12.1 Å². The Labute approximate surface area is 122 Å². The summed E-state index contributed by atoms with van der Waals surface area (Å²) in [6, 6.07) is 6.25. The maximum absolute atomic E-state index is 13.5. The van der Waals surface area contributed by atoms with E-state index in [0.29, 0.717) is 18.0 Å². The highest BCUT2D eigenvalue weighted by Crippen LogP contribution is 2.26. The van der Waals surface area contributed by atoms with Crippen molar-refractivity contribution in [2.75, 3.05) is 11.9 Å². The molecule has 0 amide bonds. The Morgan fingerprint density at radius 1 is 1.30 bits per heavy atom. The third kappa shape index (κ3) is 4.20. The number of halogens is 1. The van der Waals surface area contributed by atoms with Gasteiger partial charge in [0, 0.05) is 31.4 Å². The molecule has 0 heterocycles. The Morgan fingerprint density at radius 2 is 2.00 bits per heavy atom. The number of hydrogen-bond acceptors (Lipinski definition) is 2. The van der Waals surface area contributed by atoms with Gasteiger partial charge in [0.2, 0.25) is 0 Å². The highest BCUT2D eigenvalue weighted by molar-refractivity contribution is 5.54. The summed E-state index contributed by atoms with van der Waals surface area (Å²) in [7, 11) is 2.11. The Bertz CT molecular complexity index is 441. The van der Waals surface area contributed by atoms with E-state index in [0.717, 1.165) is 24.2 Å². The third-order valence-electron chi connectivity index (χ3n) is 4.05. The van der Waals surface area contributed by atoms with Crippen LogP contribution in [0.5, 0.6) is 0 Å². The minimum Gasteiger partial charge on any atom is -0.372 e. The third-order valence-corrected chi connectivity index (χ3v) is 4.05. The van der Waals surface area contributed by atoms with E-state index in [1.165, 1.54) is 12.8 Å². The average molecular weight is 278 g/mol. The van der Waals surface area contributed by atoms with Crippen LogP contribution in [-0.4, -0.2) is 19.1 Å². The van der Waals surface area contributed by atoms with Crippen LogP contribution in [0.1, 0.15) is 45.6 Å². The monoisotopic (exact) mass is 278 g/mol. The van der Waals surface area contributed by atoms with Gasteiger partial charge in [-0.05, 0) is 55.9 Å². The van der Waals surface area contributed by atoms with E-state index in [1.807, 2.05) is 6.07 Å². The Hall–Kier alpha value is -1.09. The number of hydrogen-bond donors (Lipinski definition) is 1. The standard InChI is InChI=1S/C17H27FN2/c1-12(2)9-13(3)20(4)17-8-5-15(18)10-14(17)11-19-16-6-7-16/h5,8,10,12-13,16,19H,6-7,9,11H2,1-4H3. The molecule has 2 nitrogen and oxygen atoms in total. The largest absolute Gasteiger partial charge is 0.372 e. The van der Waals surface area contributed by atoms with Crippen LogP contribution in [0.15, 0.2) is 18.2 Å². The Morgan fingerprint density at radius 3 is 2.60 bits per heavy atom. The maximum Gasteiger partial charge on any atom is 0.123 e. The number of nitrogens with zero attached hydrogens (tertiary/aromatic N) is 1. The lowest BCUT2D eigenvalue weighted by Crippen LogP contribution is -2.31. The summed E-state index contributed by atoms with van der Waals surface area (Å²) in [5.74, 6) is 0.521. The van der Waals surface area contributed by atoms with E-state index >= 15 is 0 Å². The van der Waals surface area contributed by atoms with Gasteiger partial charge in [-0.3, -0.25) is 0 Å². The van der Waals surface area contributed by atoms with Gasteiger partial charge in [-0.1, -0.05) is 13.8 Å². The van der Waals surface area contributed by atoms with Crippen molar-refractivity contribution in [3.05, 3.63) is 29.6 Å². The molecule has 1 fully saturated rings. The van der Waals surface area contributed by atoms with Crippen molar-refractivity contribution in [3.8, 4) is 0 Å². The molecule has 0 bridgehead atoms. The van der Waals surface area contributed by atoms with Crippen LogP contribution in [0.4, 0.5) is 10.1 Å². The van der Waals surface area contributed by atoms with E-state index in [9.17, 15) is 4.39 Å². The zero-order valence-corrected chi connectivity index (χ0v) is 13.1. The maximum atomic E-state index is 13.5. The van der Waals surface area contributed by atoms with Crippen LogP contribution in [0.3, 0.4) is 0 Å². The molecule has 1 aliphatic rings. The molecule has 1 aromatic rings. The lowest BCUT2D eigenvalue weighted by Gasteiger charge is -2.30. The van der Waals surface area contributed by atoms with Crippen molar-refractivity contribution in [3.63, 3.8) is 0 Å². The fraction of sp³-hybridized carbons (Fsp3) is 0.647. The van der Waals surface area contributed by atoms with Crippen LogP contribution in [0.25, 0.3) is 0 Å². The molecule has 0 aliphatic heterocycles. The second kappa shape index (κ2) is 6.57. The molecule has 1 unspecified atom stereocenters. The normalized spacial score (nSPS) is 16.5. The highest BCUT2D eigenvalue weighted by atomic mass is 19.1. The van der Waals surface area contributed by atoms with E-state index < -0.39 is 0 Å². The summed E-state index contributed by atoms with van der Waals surface area (Å²) >= 11 is 0. The summed E-state index contributed by atoms with van der Waals surface area (Å²) in [6.45, 7) is 7.48. The van der Waals surface area contributed by atoms with Crippen molar-refractivity contribution in [1.29, 1.82) is 0 Å². The summed E-state index contributed by atoms with van der Waals surface area (Å²) in [5, 5.41) is 3.48. The molecule has 1 N–H and O–H groups in total. The molecule has 1 aromatic carbocycles. The van der Waals surface area contributed by atoms with E-state index in [2.05, 4.69) is 38.0 Å². The predicted octanol–water partition coefficient (Wildman–Crippen LogP) is 3.95. The second-order valence-corrected chi connectivity index (χ2v) is 6.52. The van der Waals surface area contributed by atoms with Crippen molar-refractivity contribution in [2.24, 2.45) is 5.92 Å². The first-order valence-electron chi connectivity index (χ1n) is 7.72. The average Bonchev–Trinajstić information content (AvgIpc) is 3.19. The van der Waals surface area contributed by atoms with Crippen LogP contribution in [-0.2, 0) is 6.54 Å². The van der Waals surface area contributed by atoms with Gasteiger partial charge in [0.25, 0.3) is 0 Å². The summed E-state index contributed by atoms with van der Waals surface area (Å²) in [5.41, 5.74) is 2.21. The topological polar surface area (TPSA) is 15.3 Å². The summed E-state index contributed by atoms with van der Waals surface area (Å²) < 4.78 is 13.5. The van der Waals surface area contributed by atoms with Gasteiger partial charge in [-0.25, -0.2) is 4.39 Å². The quantitative estimate of drug-likeness (QED) is 0.812. The zero-order valence-electron chi connectivity index (χ0n) is 13.1. The predicted molar refractivity (Wildman–Crippen MR) is 83.6 cm³/mol. The fourth-order valence-electron chi connectivity index (χ4n) is 2.66. The van der Waals surface area contributed by atoms with Gasteiger partial charge in [0.15, 0.2) is 0 Å². The minimum atomic E-state index is -0.147. The van der Waals surface area contributed by atoms with Crippen molar-refractivity contribution in [2.45, 2.75) is 58.7 Å². The molecule has 2 rings (SSSR count). The van der Waals surface area contributed by atoms with Crippen molar-refractivity contribution < 1.29 is 4.39 Å². The molecule has 112 valence electrons. The fourth-order valence-corrected chi connectivity index (χ4v) is 2.66. The van der Waals surface area contributed by atoms with Crippen LogP contribution in [0.2, 0.25) is 0 Å². The second-order valence-electron chi connectivity index (χ2n) is 6.52. The molecular formula is C17H27FN2. The molecule has 0 radical (unpaired) electrons. The molecule has 0 saturated heterocycles. The number of rotatable bonds is 7. The van der Waals surface area contributed by atoms with Crippen molar-refractivity contribution >= 4 is 5.69 Å². The lowest BCUT2D eigenvalue weighted by molar-refractivity contribution is 0.502. The van der Waals surface area contributed by atoms with Crippen molar-refractivity contribution in [1.82, 2.24) is 5.32 Å². The lowest BCUT2D eigenvalue weighted by atomic mass is 10.0. The first kappa shape index (κ1) is 15.3. The minimum absolute atomic E-state index is 0.147. The summed E-state index contributed by atoms with van der Waals surface area (Å²) in [6.07, 6.45) is 3.65. The van der Waals surface area contributed by atoms with Gasteiger partial charge >= 0.3 is 0 Å². The molecule has 0 spiro atoms. The first-order valence-corrected chi connectivity index (χ1v) is 7.72. The highest BCUT2D eigenvalue weighted by Gasteiger charge is 2.21. The van der Waals surface area contributed by atoms with Crippen LogP contribution >= 0.6 is 0 Å². The Balaban J connectivity index is 2.11. The molecule has 3 heteroatoms. The molecule has 0 aromatic heterocycles. The van der Waals surface area contributed by atoms with Crippen LogP contribution < -0.4 is 10.2 Å². The van der Waals surface area contributed by atoms with Gasteiger partial charge < -0.3 is 10.2 Å². The number of anilines is 1. The van der Waals surface area contributed by atoms with Gasteiger partial charge in [-0.15, -0.1) is 0 Å². The van der Waals surface area contributed by atoms with Gasteiger partial charge in [-0.2, -0.15) is 0 Å². The molecule has 1 saturated carbocycles. The van der Waals surface area contributed by atoms with Gasteiger partial charge in [0.1, 0.15) is 5.82 Å². The Kier molecular flexibility index (Phi) is 5.03. The molecule has 1 aliphatic carbocycles. The first-order chi connectivity index (χ1) is 9.47. The zero-order chi connectivity index (χ0) is 14.7. The molecule has 20 heavy (non-hydrogen) atoms. The van der Waals surface area contributed by atoms with E-state index in [4.69, 9.17) is 0 Å². The van der Waals surface area contributed by atoms with Crippen LogP contribution in [0, 0.1) is 11.7 Å². The smallest absolute Gasteiger partial charge is 0.123 e. The molecule has 1 atom stereocenters. The van der Waals surface area contributed by atoms with E-state index in [-0.39, 0.29) is 5.82 Å². The number of nitrogens with one attached hydrogen (secondary N) is 1.